The van der Waals surface area contributed by atoms with E-state index in [1.165, 1.54) is 17.6 Å². The molecule has 1 aliphatic carbocycles. The number of rotatable bonds is 4. The van der Waals surface area contributed by atoms with Crippen molar-refractivity contribution in [2.45, 2.75) is 26.7 Å². The minimum absolute atomic E-state index is 1.03. The Kier molecular flexibility index (Phi) is 3.19. The van der Waals surface area contributed by atoms with Crippen LogP contribution in [0.2, 0.25) is 0 Å². The number of anilines is 1. The third-order valence-corrected chi connectivity index (χ3v) is 3.23. The van der Waals surface area contributed by atoms with Crippen LogP contribution in [0.1, 0.15) is 25.8 Å². The molecule has 0 unspecified atom stereocenters. The van der Waals surface area contributed by atoms with E-state index in [-0.39, 0.29) is 0 Å². The Bertz CT molecular complexity index is 506. The molecule has 1 aromatic carbocycles. The highest BCUT2D eigenvalue weighted by atomic mass is 14.9. The van der Waals surface area contributed by atoms with E-state index >= 15 is 0 Å². The van der Waals surface area contributed by atoms with Crippen molar-refractivity contribution in [1.29, 1.82) is 0 Å². The number of benzene rings is 1. The van der Waals surface area contributed by atoms with Crippen LogP contribution in [0, 0.1) is 0 Å². The maximum Gasteiger partial charge on any atom is 0.0493 e. The minimum Gasteiger partial charge on any atom is -0.355 e. The lowest BCUT2D eigenvalue weighted by atomic mass is 9.85. The molecule has 1 aromatic rings. The SMILES string of the molecule is C=C1C(=C)C(Nc2cccc(CCC)c2)=C1C. The van der Waals surface area contributed by atoms with Crippen molar-refractivity contribution < 1.29 is 0 Å². The van der Waals surface area contributed by atoms with Crippen LogP contribution in [-0.4, -0.2) is 0 Å². The maximum absolute atomic E-state index is 4.01. The van der Waals surface area contributed by atoms with Gasteiger partial charge < -0.3 is 5.32 Å². The molecule has 0 atom stereocenters. The second-order valence-corrected chi connectivity index (χ2v) is 4.53. The van der Waals surface area contributed by atoms with Crippen molar-refractivity contribution in [2.75, 3.05) is 5.32 Å². The highest BCUT2D eigenvalue weighted by Crippen LogP contribution is 2.37. The van der Waals surface area contributed by atoms with E-state index in [2.05, 4.69) is 56.6 Å². The van der Waals surface area contributed by atoms with Gasteiger partial charge in [-0.25, -0.2) is 0 Å². The Morgan fingerprint density at radius 1 is 1.18 bits per heavy atom. The van der Waals surface area contributed by atoms with E-state index < -0.39 is 0 Å². The van der Waals surface area contributed by atoms with Gasteiger partial charge in [0.15, 0.2) is 0 Å². The summed E-state index contributed by atoms with van der Waals surface area (Å²) in [7, 11) is 0. The fourth-order valence-electron chi connectivity index (χ4n) is 2.10. The lowest BCUT2D eigenvalue weighted by Gasteiger charge is -2.28. The molecule has 0 heterocycles. The first-order valence-corrected chi connectivity index (χ1v) is 6.09. The standard InChI is InChI=1S/C16H19N/c1-5-7-14-8-6-9-15(10-14)17-16-12(3)11(2)13(16)4/h6,8-10,17H,2-3,5,7H2,1,4H3. The van der Waals surface area contributed by atoms with Crippen molar-refractivity contribution in [3.8, 4) is 0 Å². The van der Waals surface area contributed by atoms with Gasteiger partial charge in [0.05, 0.1) is 0 Å². The smallest absolute Gasteiger partial charge is 0.0493 e. The molecule has 0 saturated carbocycles. The quantitative estimate of drug-likeness (QED) is 0.798. The van der Waals surface area contributed by atoms with Crippen LogP contribution < -0.4 is 5.32 Å². The summed E-state index contributed by atoms with van der Waals surface area (Å²) in [4.78, 5) is 0. The van der Waals surface area contributed by atoms with Crippen molar-refractivity contribution >= 4 is 5.69 Å². The summed E-state index contributed by atoms with van der Waals surface area (Å²) in [6.07, 6.45) is 2.30. The lowest BCUT2D eigenvalue weighted by Crippen LogP contribution is -2.16. The topological polar surface area (TPSA) is 12.0 Å². The fourth-order valence-corrected chi connectivity index (χ4v) is 2.10. The van der Waals surface area contributed by atoms with Crippen molar-refractivity contribution in [2.24, 2.45) is 0 Å². The van der Waals surface area contributed by atoms with Crippen molar-refractivity contribution in [3.05, 3.63) is 65.4 Å². The monoisotopic (exact) mass is 225 g/mol. The Morgan fingerprint density at radius 2 is 1.94 bits per heavy atom. The first-order valence-electron chi connectivity index (χ1n) is 6.09. The van der Waals surface area contributed by atoms with E-state index in [0.717, 1.165) is 29.0 Å². The van der Waals surface area contributed by atoms with Crippen LogP contribution in [0.5, 0.6) is 0 Å². The van der Waals surface area contributed by atoms with Crippen LogP contribution >= 0.6 is 0 Å². The van der Waals surface area contributed by atoms with Gasteiger partial charge in [-0.05, 0) is 47.8 Å². The number of nitrogens with one attached hydrogen (secondary N) is 1. The number of allylic oxidation sites excluding steroid dienone is 2. The highest BCUT2D eigenvalue weighted by molar-refractivity contribution is 5.72. The average Bonchev–Trinajstić information content (AvgIpc) is 2.35. The van der Waals surface area contributed by atoms with Gasteiger partial charge in [0.1, 0.15) is 0 Å². The van der Waals surface area contributed by atoms with Crippen molar-refractivity contribution in [1.82, 2.24) is 0 Å². The molecule has 1 N–H and O–H groups in total. The van der Waals surface area contributed by atoms with Gasteiger partial charge in [-0.3, -0.25) is 0 Å². The largest absolute Gasteiger partial charge is 0.355 e. The van der Waals surface area contributed by atoms with Crippen LogP contribution in [0.4, 0.5) is 5.69 Å². The zero-order valence-electron chi connectivity index (χ0n) is 10.6. The van der Waals surface area contributed by atoms with Gasteiger partial charge in [0.2, 0.25) is 0 Å². The number of hydrogen-bond acceptors (Lipinski definition) is 1. The summed E-state index contributed by atoms with van der Waals surface area (Å²) >= 11 is 0. The zero-order valence-corrected chi connectivity index (χ0v) is 10.6. The van der Waals surface area contributed by atoms with E-state index in [0.29, 0.717) is 0 Å². The number of hydrogen-bond donors (Lipinski definition) is 1. The van der Waals surface area contributed by atoms with Crippen LogP contribution in [0.3, 0.4) is 0 Å². The molecule has 88 valence electrons. The Labute approximate surface area is 104 Å². The molecule has 0 aliphatic heterocycles. The molecule has 0 amide bonds. The van der Waals surface area contributed by atoms with E-state index in [9.17, 15) is 0 Å². The third-order valence-electron chi connectivity index (χ3n) is 3.23. The second kappa shape index (κ2) is 4.62. The molecular weight excluding hydrogens is 206 g/mol. The Balaban J connectivity index is 2.17. The summed E-state index contributed by atoms with van der Waals surface area (Å²) in [6.45, 7) is 12.2. The van der Waals surface area contributed by atoms with Gasteiger partial charge in [0, 0.05) is 11.4 Å². The summed E-state index contributed by atoms with van der Waals surface area (Å²) in [5.41, 5.74) is 6.96. The van der Waals surface area contributed by atoms with Gasteiger partial charge in [0.25, 0.3) is 0 Å². The molecule has 0 fully saturated rings. The first-order chi connectivity index (χ1) is 8.13. The molecule has 0 spiro atoms. The molecule has 0 saturated heterocycles. The molecule has 1 heteroatoms. The summed E-state index contributed by atoms with van der Waals surface area (Å²) in [5.74, 6) is 0. The summed E-state index contributed by atoms with van der Waals surface area (Å²) in [5, 5.41) is 3.43. The first kappa shape index (κ1) is 11.7. The average molecular weight is 225 g/mol. The van der Waals surface area contributed by atoms with Gasteiger partial charge in [-0.2, -0.15) is 0 Å². The number of aryl methyl sites for hydroxylation is 1. The molecular formula is C16H19N. The lowest BCUT2D eigenvalue weighted by molar-refractivity contribution is 0.922. The normalized spacial score (nSPS) is 14.9. The second-order valence-electron chi connectivity index (χ2n) is 4.53. The zero-order chi connectivity index (χ0) is 12.4. The third kappa shape index (κ3) is 2.19. The van der Waals surface area contributed by atoms with Gasteiger partial charge in [-0.15, -0.1) is 0 Å². The van der Waals surface area contributed by atoms with E-state index in [1.54, 1.807) is 0 Å². The molecule has 1 nitrogen and oxygen atoms in total. The predicted molar refractivity (Wildman–Crippen MR) is 75.0 cm³/mol. The Hall–Kier alpha value is -1.76. The summed E-state index contributed by atoms with van der Waals surface area (Å²) in [6, 6.07) is 8.57. The maximum atomic E-state index is 4.01. The molecule has 0 bridgehead atoms. The van der Waals surface area contributed by atoms with E-state index in [4.69, 9.17) is 0 Å². The fraction of sp³-hybridized carbons (Fsp3) is 0.250. The van der Waals surface area contributed by atoms with Crippen LogP contribution in [0.25, 0.3) is 0 Å². The van der Waals surface area contributed by atoms with Crippen molar-refractivity contribution in [3.63, 3.8) is 0 Å². The molecule has 0 radical (unpaired) electrons. The minimum atomic E-state index is 1.03. The molecule has 0 aromatic heterocycles. The molecule has 2 rings (SSSR count). The van der Waals surface area contributed by atoms with Gasteiger partial charge in [-0.1, -0.05) is 38.6 Å². The summed E-state index contributed by atoms with van der Waals surface area (Å²) < 4.78 is 0. The molecule has 1 aliphatic rings. The molecule has 17 heavy (non-hydrogen) atoms. The van der Waals surface area contributed by atoms with Crippen LogP contribution in [-0.2, 0) is 6.42 Å². The van der Waals surface area contributed by atoms with E-state index in [1.807, 2.05) is 0 Å². The predicted octanol–water partition coefficient (Wildman–Crippen LogP) is 4.45. The highest BCUT2D eigenvalue weighted by Gasteiger charge is 2.22. The van der Waals surface area contributed by atoms with Crippen LogP contribution in [0.15, 0.2) is 59.8 Å². The van der Waals surface area contributed by atoms with Gasteiger partial charge >= 0.3 is 0 Å². The Morgan fingerprint density at radius 3 is 2.59 bits per heavy atom.